The van der Waals surface area contributed by atoms with Gasteiger partial charge in [-0.1, -0.05) is 6.07 Å². The Morgan fingerprint density at radius 3 is 2.07 bits per heavy atom. The third-order valence-electron chi connectivity index (χ3n) is 4.07. The number of benzene rings is 2. The predicted molar refractivity (Wildman–Crippen MR) is 111 cm³/mol. The second kappa shape index (κ2) is 10.1. The van der Waals surface area contributed by atoms with E-state index in [2.05, 4.69) is 0 Å². The molecule has 0 unspecified atom stereocenters. The second-order valence-corrected chi connectivity index (χ2v) is 9.79. The van der Waals surface area contributed by atoms with Gasteiger partial charge in [-0.3, -0.25) is 0 Å². The van der Waals surface area contributed by atoms with Crippen LogP contribution in [0.2, 0.25) is 0 Å². The number of rotatable bonds is 11. The molecule has 0 fully saturated rings. The van der Waals surface area contributed by atoms with Crippen molar-refractivity contribution in [2.75, 3.05) is 40.7 Å². The van der Waals surface area contributed by atoms with Gasteiger partial charge >= 0.3 is 10.1 Å². The molecule has 0 aromatic heterocycles. The standard InChI is InChI=1S/C19H25NO8S2/c1-25-12-11-20(30(23,24)17-8-6-16(26-2)7-9-17)14-15-5-10-18(27-3)19(13-15)28-29(4,21)22/h5-10,13H,11-12,14H2,1-4H3. The largest absolute Gasteiger partial charge is 0.497 e. The number of nitrogens with zero attached hydrogens (tertiary/aromatic N) is 1. The molecule has 0 heterocycles. The number of sulfonamides is 1. The number of hydrogen-bond acceptors (Lipinski definition) is 8. The quantitative estimate of drug-likeness (QED) is 0.469. The van der Waals surface area contributed by atoms with E-state index < -0.39 is 20.1 Å². The van der Waals surface area contributed by atoms with Crippen LogP contribution in [0.1, 0.15) is 5.56 Å². The van der Waals surface area contributed by atoms with E-state index in [4.69, 9.17) is 18.4 Å². The molecular formula is C19H25NO8S2. The van der Waals surface area contributed by atoms with Crippen molar-refractivity contribution in [3.05, 3.63) is 48.0 Å². The van der Waals surface area contributed by atoms with Crippen molar-refractivity contribution < 1.29 is 35.2 Å². The molecular weight excluding hydrogens is 434 g/mol. The minimum atomic E-state index is -3.85. The van der Waals surface area contributed by atoms with Gasteiger partial charge in [0.15, 0.2) is 11.5 Å². The third-order valence-corrected chi connectivity index (χ3v) is 6.41. The summed E-state index contributed by atoms with van der Waals surface area (Å²) < 4.78 is 70.8. The first-order valence-corrected chi connectivity index (χ1v) is 12.1. The van der Waals surface area contributed by atoms with E-state index in [-0.39, 0.29) is 36.1 Å². The third kappa shape index (κ3) is 6.33. The Kier molecular flexibility index (Phi) is 8.07. The Balaban J connectivity index is 2.39. The van der Waals surface area contributed by atoms with Crippen molar-refractivity contribution in [2.24, 2.45) is 0 Å². The molecule has 0 radical (unpaired) electrons. The zero-order valence-electron chi connectivity index (χ0n) is 17.2. The predicted octanol–water partition coefficient (Wildman–Crippen LogP) is 1.88. The molecule has 0 amide bonds. The van der Waals surface area contributed by atoms with Crippen LogP contribution >= 0.6 is 0 Å². The van der Waals surface area contributed by atoms with Crippen LogP contribution in [-0.2, 0) is 31.4 Å². The van der Waals surface area contributed by atoms with Crippen LogP contribution in [0.5, 0.6) is 17.2 Å². The summed E-state index contributed by atoms with van der Waals surface area (Å²) >= 11 is 0. The molecule has 0 saturated heterocycles. The van der Waals surface area contributed by atoms with Gasteiger partial charge in [0.05, 0.1) is 32.0 Å². The molecule has 0 aliphatic carbocycles. The molecule has 0 atom stereocenters. The minimum absolute atomic E-state index is 0.0222. The van der Waals surface area contributed by atoms with Crippen LogP contribution in [0.15, 0.2) is 47.4 Å². The average molecular weight is 460 g/mol. The van der Waals surface area contributed by atoms with Gasteiger partial charge in [-0.05, 0) is 42.0 Å². The Hall–Kier alpha value is -2.34. The molecule has 0 bridgehead atoms. The summed E-state index contributed by atoms with van der Waals surface area (Å²) in [7, 11) is -3.30. The maximum absolute atomic E-state index is 13.2. The summed E-state index contributed by atoms with van der Waals surface area (Å²) in [5.74, 6) is 0.728. The molecule has 0 saturated carbocycles. The van der Waals surface area contributed by atoms with E-state index in [9.17, 15) is 16.8 Å². The molecule has 9 nitrogen and oxygen atoms in total. The molecule has 0 aliphatic rings. The van der Waals surface area contributed by atoms with Crippen LogP contribution in [0.25, 0.3) is 0 Å². The summed E-state index contributed by atoms with van der Waals surface area (Å²) in [6.07, 6.45) is 0.915. The van der Waals surface area contributed by atoms with Crippen LogP contribution in [-0.4, -0.2) is 61.9 Å². The lowest BCUT2D eigenvalue weighted by Gasteiger charge is -2.22. The van der Waals surface area contributed by atoms with Crippen LogP contribution in [0.3, 0.4) is 0 Å². The van der Waals surface area contributed by atoms with Crippen LogP contribution in [0.4, 0.5) is 0 Å². The number of methoxy groups -OCH3 is 3. The summed E-state index contributed by atoms with van der Waals surface area (Å²) in [5, 5.41) is 0. The first kappa shape index (κ1) is 23.9. The van der Waals surface area contributed by atoms with Gasteiger partial charge in [-0.15, -0.1) is 0 Å². The molecule has 166 valence electrons. The number of hydrogen-bond donors (Lipinski definition) is 0. The van der Waals surface area contributed by atoms with Crippen molar-refractivity contribution in [3.8, 4) is 17.2 Å². The highest BCUT2D eigenvalue weighted by atomic mass is 32.2. The lowest BCUT2D eigenvalue weighted by molar-refractivity contribution is 0.177. The Morgan fingerprint density at radius 2 is 1.53 bits per heavy atom. The van der Waals surface area contributed by atoms with Gasteiger partial charge in [0.2, 0.25) is 10.0 Å². The zero-order chi connectivity index (χ0) is 22.4. The fraction of sp³-hybridized carbons (Fsp3) is 0.368. The summed E-state index contributed by atoms with van der Waals surface area (Å²) in [4.78, 5) is 0.0977. The van der Waals surface area contributed by atoms with Crippen LogP contribution < -0.4 is 13.7 Å². The minimum Gasteiger partial charge on any atom is -0.497 e. The first-order chi connectivity index (χ1) is 14.1. The summed E-state index contributed by atoms with van der Waals surface area (Å²) in [6.45, 7) is 0.249. The summed E-state index contributed by atoms with van der Waals surface area (Å²) in [5.41, 5.74) is 0.516. The summed E-state index contributed by atoms with van der Waals surface area (Å²) in [6, 6.07) is 10.6. The van der Waals surface area contributed by atoms with Gasteiger partial charge in [-0.2, -0.15) is 12.7 Å². The maximum Gasteiger partial charge on any atom is 0.306 e. The van der Waals surface area contributed by atoms with Crippen molar-refractivity contribution in [2.45, 2.75) is 11.4 Å². The van der Waals surface area contributed by atoms with Crippen molar-refractivity contribution in [1.29, 1.82) is 0 Å². The van der Waals surface area contributed by atoms with Gasteiger partial charge in [0.1, 0.15) is 5.75 Å². The van der Waals surface area contributed by atoms with Crippen molar-refractivity contribution in [1.82, 2.24) is 4.31 Å². The maximum atomic E-state index is 13.2. The van der Waals surface area contributed by atoms with Crippen LogP contribution in [0, 0.1) is 0 Å². The molecule has 2 aromatic rings. The Morgan fingerprint density at radius 1 is 0.867 bits per heavy atom. The lowest BCUT2D eigenvalue weighted by Crippen LogP contribution is -2.33. The molecule has 30 heavy (non-hydrogen) atoms. The van der Waals surface area contributed by atoms with Gasteiger partial charge in [0, 0.05) is 20.2 Å². The van der Waals surface area contributed by atoms with E-state index in [1.165, 1.54) is 49.9 Å². The van der Waals surface area contributed by atoms with E-state index in [0.29, 0.717) is 11.3 Å². The molecule has 0 N–H and O–H groups in total. The first-order valence-electron chi connectivity index (χ1n) is 8.80. The van der Waals surface area contributed by atoms with E-state index in [0.717, 1.165) is 6.26 Å². The van der Waals surface area contributed by atoms with Gasteiger partial charge in [0.25, 0.3) is 0 Å². The smallest absolute Gasteiger partial charge is 0.306 e. The van der Waals surface area contributed by atoms with E-state index >= 15 is 0 Å². The highest BCUT2D eigenvalue weighted by molar-refractivity contribution is 7.89. The number of ether oxygens (including phenoxy) is 3. The zero-order valence-corrected chi connectivity index (χ0v) is 18.8. The molecule has 2 rings (SSSR count). The molecule has 11 heteroatoms. The highest BCUT2D eigenvalue weighted by Crippen LogP contribution is 2.30. The lowest BCUT2D eigenvalue weighted by atomic mass is 10.2. The van der Waals surface area contributed by atoms with Crippen molar-refractivity contribution >= 4 is 20.1 Å². The monoisotopic (exact) mass is 459 g/mol. The Bertz CT molecular complexity index is 1050. The van der Waals surface area contributed by atoms with E-state index in [1.54, 1.807) is 18.2 Å². The molecule has 0 aliphatic heterocycles. The highest BCUT2D eigenvalue weighted by Gasteiger charge is 2.25. The normalized spacial score (nSPS) is 12.0. The fourth-order valence-corrected chi connectivity index (χ4v) is 4.49. The molecule has 0 spiro atoms. The van der Waals surface area contributed by atoms with Crippen molar-refractivity contribution in [3.63, 3.8) is 0 Å². The SMILES string of the molecule is COCCN(Cc1ccc(OC)c(OS(C)(=O)=O)c1)S(=O)(=O)c1ccc(OC)cc1. The van der Waals surface area contributed by atoms with E-state index in [1.807, 2.05) is 0 Å². The Labute approximate surface area is 177 Å². The fourth-order valence-electron chi connectivity index (χ4n) is 2.63. The van der Waals surface area contributed by atoms with Gasteiger partial charge in [-0.25, -0.2) is 8.42 Å². The average Bonchev–Trinajstić information content (AvgIpc) is 2.70. The second-order valence-electron chi connectivity index (χ2n) is 6.28. The molecule has 2 aromatic carbocycles. The van der Waals surface area contributed by atoms with Gasteiger partial charge < -0.3 is 18.4 Å². The topological polar surface area (TPSA) is 108 Å².